The highest BCUT2D eigenvalue weighted by Gasteiger charge is 2.34. The number of fused-ring (bicyclic) bond motifs is 1. The Labute approximate surface area is 178 Å². The number of nitrogens with zero attached hydrogens (tertiary/aromatic N) is 4. The maximum absolute atomic E-state index is 14.1. The van der Waals surface area contributed by atoms with Crippen LogP contribution in [-0.2, 0) is 11.3 Å². The van der Waals surface area contributed by atoms with Crippen LogP contribution >= 0.6 is 0 Å². The van der Waals surface area contributed by atoms with E-state index in [1.165, 1.54) is 6.07 Å². The fourth-order valence-electron chi connectivity index (χ4n) is 4.80. The number of rotatable bonds is 4. The maximum Gasteiger partial charge on any atom is 0.276 e. The molecule has 4 heterocycles. The van der Waals surface area contributed by atoms with Gasteiger partial charge in [-0.2, -0.15) is 5.10 Å². The van der Waals surface area contributed by atoms with E-state index in [1.807, 2.05) is 0 Å². The average molecular weight is 429 g/mol. The Morgan fingerprint density at radius 1 is 1.23 bits per heavy atom. The van der Waals surface area contributed by atoms with Gasteiger partial charge < -0.3 is 9.72 Å². The Morgan fingerprint density at radius 3 is 2.84 bits per heavy atom. The molecule has 5 rings (SSSR count). The van der Waals surface area contributed by atoms with Gasteiger partial charge in [0, 0.05) is 50.2 Å². The van der Waals surface area contributed by atoms with Gasteiger partial charge in [-0.3, -0.25) is 9.69 Å². The van der Waals surface area contributed by atoms with Crippen molar-refractivity contribution in [2.45, 2.75) is 38.1 Å². The Kier molecular flexibility index (Phi) is 5.31. The molecule has 31 heavy (non-hydrogen) atoms. The predicted octanol–water partition coefficient (Wildman–Crippen LogP) is 2.83. The monoisotopic (exact) mass is 429 g/mol. The van der Waals surface area contributed by atoms with E-state index in [9.17, 15) is 13.6 Å². The first-order valence-electron chi connectivity index (χ1n) is 10.7. The molecule has 0 radical (unpaired) electrons. The smallest absolute Gasteiger partial charge is 0.276 e. The molecule has 1 aromatic carbocycles. The quantitative estimate of drug-likeness (QED) is 0.690. The summed E-state index contributed by atoms with van der Waals surface area (Å²) >= 11 is 0. The van der Waals surface area contributed by atoms with E-state index in [1.54, 1.807) is 16.8 Å². The van der Waals surface area contributed by atoms with Gasteiger partial charge in [0.05, 0.1) is 6.20 Å². The normalized spacial score (nSPS) is 23.1. The minimum Gasteiger partial charge on any atom is -0.381 e. The van der Waals surface area contributed by atoms with E-state index in [0.29, 0.717) is 49.8 Å². The number of benzene rings is 1. The van der Waals surface area contributed by atoms with Gasteiger partial charge in [-0.05, 0) is 24.8 Å². The first-order valence-corrected chi connectivity index (χ1v) is 10.7. The zero-order valence-corrected chi connectivity index (χ0v) is 17.4. The van der Waals surface area contributed by atoms with Crippen LogP contribution in [0.2, 0.25) is 0 Å². The Hall–Kier alpha value is -2.65. The molecule has 2 atom stereocenters. The lowest BCUT2D eigenvalue weighted by Crippen LogP contribution is -2.24. The largest absolute Gasteiger partial charge is 0.381 e. The summed E-state index contributed by atoms with van der Waals surface area (Å²) in [6, 6.07) is 4.25. The van der Waals surface area contributed by atoms with Crippen LogP contribution in [0.1, 0.15) is 48.8 Å². The third kappa shape index (κ3) is 3.76. The molecular formula is C22H25F2N5O2. The minimum absolute atomic E-state index is 0.0151. The third-order valence-corrected chi connectivity index (χ3v) is 6.50. The fourth-order valence-corrected chi connectivity index (χ4v) is 4.80. The molecule has 9 heteroatoms. The summed E-state index contributed by atoms with van der Waals surface area (Å²) in [4.78, 5) is 22.2. The molecular weight excluding hydrogens is 404 g/mol. The second kappa shape index (κ2) is 8.12. The van der Waals surface area contributed by atoms with Crippen molar-refractivity contribution in [2.24, 2.45) is 5.92 Å². The van der Waals surface area contributed by atoms with Gasteiger partial charge in [-0.1, -0.05) is 19.1 Å². The van der Waals surface area contributed by atoms with Crippen molar-refractivity contribution in [3.8, 4) is 0 Å². The van der Waals surface area contributed by atoms with Gasteiger partial charge in [0.1, 0.15) is 11.6 Å². The number of hydrogen-bond donors (Lipinski definition) is 1. The van der Waals surface area contributed by atoms with Gasteiger partial charge in [0.15, 0.2) is 17.2 Å². The molecule has 2 aliphatic rings. The lowest BCUT2D eigenvalue weighted by molar-refractivity contribution is 0.0832. The van der Waals surface area contributed by atoms with Crippen LogP contribution in [0.5, 0.6) is 0 Å². The number of halogens is 2. The van der Waals surface area contributed by atoms with Crippen LogP contribution in [0.25, 0.3) is 5.52 Å². The molecule has 1 N–H and O–H groups in total. The van der Waals surface area contributed by atoms with Crippen LogP contribution < -0.4 is 5.56 Å². The van der Waals surface area contributed by atoms with E-state index < -0.39 is 11.6 Å². The molecule has 2 unspecified atom stereocenters. The zero-order chi connectivity index (χ0) is 21.5. The average Bonchev–Trinajstić information content (AvgIpc) is 3.36. The molecule has 2 fully saturated rings. The molecule has 7 nitrogen and oxygen atoms in total. The predicted molar refractivity (Wildman–Crippen MR) is 110 cm³/mol. The SMILES string of the molecule is CC1CN(Cc2cccc(F)c2F)CC1c1nn2c(C3CCOCC3)ncc2c(=O)[nH]1. The van der Waals surface area contributed by atoms with Crippen LogP contribution in [0.15, 0.2) is 29.2 Å². The summed E-state index contributed by atoms with van der Waals surface area (Å²) in [6.45, 7) is 5.08. The highest BCUT2D eigenvalue weighted by atomic mass is 19.2. The first kappa shape index (κ1) is 20.3. The zero-order valence-electron chi connectivity index (χ0n) is 17.4. The Balaban J connectivity index is 1.42. The Morgan fingerprint density at radius 2 is 2.03 bits per heavy atom. The highest BCUT2D eigenvalue weighted by Crippen LogP contribution is 2.32. The summed E-state index contributed by atoms with van der Waals surface area (Å²) < 4.78 is 34.8. The summed E-state index contributed by atoms with van der Waals surface area (Å²) in [5, 5.41) is 4.77. The highest BCUT2D eigenvalue weighted by molar-refractivity contribution is 5.42. The second-order valence-corrected chi connectivity index (χ2v) is 8.63. The minimum atomic E-state index is -0.835. The number of H-pyrrole nitrogens is 1. The number of ether oxygens (including phenoxy) is 1. The second-order valence-electron chi connectivity index (χ2n) is 8.63. The molecule has 2 saturated heterocycles. The summed E-state index contributed by atoms with van der Waals surface area (Å²) in [6.07, 6.45) is 3.29. The van der Waals surface area contributed by atoms with E-state index in [2.05, 4.69) is 21.8 Å². The first-order chi connectivity index (χ1) is 15.0. The van der Waals surface area contributed by atoms with Crippen LogP contribution in [0, 0.1) is 17.6 Å². The summed E-state index contributed by atoms with van der Waals surface area (Å²) in [7, 11) is 0. The summed E-state index contributed by atoms with van der Waals surface area (Å²) in [5.74, 6) is 0.177. The number of nitrogens with one attached hydrogen (secondary N) is 1. The standard InChI is InChI=1S/C22H25F2N5O2/c1-13-10-28(11-15-3-2-4-17(23)19(15)24)12-16(13)20-26-22(30)18-9-25-21(29(18)27-20)14-5-7-31-8-6-14/h2-4,9,13-14,16H,5-8,10-12H2,1H3,(H,26,27,30). The molecule has 2 aromatic heterocycles. The lowest BCUT2D eigenvalue weighted by Gasteiger charge is -2.21. The van der Waals surface area contributed by atoms with Crippen molar-refractivity contribution < 1.29 is 13.5 Å². The van der Waals surface area contributed by atoms with Gasteiger partial charge in [-0.15, -0.1) is 0 Å². The van der Waals surface area contributed by atoms with Gasteiger partial charge >= 0.3 is 0 Å². The number of imidazole rings is 1. The van der Waals surface area contributed by atoms with Gasteiger partial charge in [0.25, 0.3) is 5.56 Å². The summed E-state index contributed by atoms with van der Waals surface area (Å²) in [5.41, 5.74) is 0.563. The molecule has 0 amide bonds. The fraction of sp³-hybridized carbons (Fsp3) is 0.500. The molecule has 0 bridgehead atoms. The molecule has 0 aliphatic carbocycles. The van der Waals surface area contributed by atoms with Crippen molar-refractivity contribution in [3.05, 3.63) is 63.6 Å². The van der Waals surface area contributed by atoms with Crippen LogP contribution in [0.4, 0.5) is 8.78 Å². The molecule has 164 valence electrons. The van der Waals surface area contributed by atoms with Crippen LogP contribution in [0.3, 0.4) is 0 Å². The molecule has 0 saturated carbocycles. The van der Waals surface area contributed by atoms with Gasteiger partial charge in [-0.25, -0.2) is 18.3 Å². The number of aromatic nitrogens is 4. The van der Waals surface area contributed by atoms with Crippen molar-refractivity contribution in [2.75, 3.05) is 26.3 Å². The van der Waals surface area contributed by atoms with Gasteiger partial charge in [0.2, 0.25) is 0 Å². The Bertz CT molecular complexity index is 1150. The van der Waals surface area contributed by atoms with Crippen LogP contribution in [-0.4, -0.2) is 50.8 Å². The molecule has 0 spiro atoms. The van der Waals surface area contributed by atoms with Crippen molar-refractivity contribution >= 4 is 5.52 Å². The van der Waals surface area contributed by atoms with E-state index in [4.69, 9.17) is 9.84 Å². The van der Waals surface area contributed by atoms with E-state index >= 15 is 0 Å². The number of likely N-dealkylation sites (tertiary alicyclic amines) is 1. The topological polar surface area (TPSA) is 75.5 Å². The van der Waals surface area contributed by atoms with E-state index in [-0.39, 0.29) is 23.3 Å². The molecule has 2 aliphatic heterocycles. The van der Waals surface area contributed by atoms with Crippen molar-refractivity contribution in [1.82, 2.24) is 24.5 Å². The van der Waals surface area contributed by atoms with E-state index in [0.717, 1.165) is 24.7 Å². The lowest BCUT2D eigenvalue weighted by atomic mass is 9.97. The van der Waals surface area contributed by atoms with Crippen molar-refractivity contribution in [3.63, 3.8) is 0 Å². The molecule has 3 aromatic rings. The number of aromatic amines is 1. The maximum atomic E-state index is 14.1. The third-order valence-electron chi connectivity index (χ3n) is 6.50. The van der Waals surface area contributed by atoms with Crippen molar-refractivity contribution in [1.29, 1.82) is 0 Å². The number of hydrogen-bond acceptors (Lipinski definition) is 5.